The predicted octanol–water partition coefficient (Wildman–Crippen LogP) is 1.99. The Morgan fingerprint density at radius 2 is 2.00 bits per heavy atom. The third-order valence-corrected chi connectivity index (χ3v) is 2.32. The van der Waals surface area contributed by atoms with Crippen molar-refractivity contribution in [3.05, 3.63) is 35.2 Å². The van der Waals surface area contributed by atoms with Crippen molar-refractivity contribution in [2.24, 2.45) is 0 Å². The van der Waals surface area contributed by atoms with Crippen LogP contribution in [0.15, 0.2) is 29.6 Å². The molecule has 0 aliphatic carbocycles. The molecular formula is C9H8N3S. The fourth-order valence-electron chi connectivity index (χ4n) is 1.08. The molecule has 1 radical (unpaired) electrons. The molecule has 3 nitrogen and oxygen atoms in total. The molecule has 0 unspecified atom stereocenters. The minimum absolute atomic E-state index is 0.329. The van der Waals surface area contributed by atoms with Crippen molar-refractivity contribution in [2.45, 2.75) is 6.54 Å². The quantitative estimate of drug-likeness (QED) is 0.727. The Morgan fingerprint density at radius 3 is 2.54 bits per heavy atom. The van der Waals surface area contributed by atoms with E-state index in [1.54, 1.807) is 0 Å². The summed E-state index contributed by atoms with van der Waals surface area (Å²) < 4.78 is 3.80. The second-order valence-electron chi connectivity index (χ2n) is 2.66. The highest BCUT2D eigenvalue weighted by Gasteiger charge is 1.99. The van der Waals surface area contributed by atoms with Gasteiger partial charge in [0, 0.05) is 17.5 Å². The van der Waals surface area contributed by atoms with Gasteiger partial charge in [-0.05, 0) is 17.1 Å². The number of nitrogens with zero attached hydrogens (tertiary/aromatic N) is 2. The number of aromatic nitrogens is 2. The molecule has 0 saturated heterocycles. The average Bonchev–Trinajstić information content (AvgIpc) is 2.71. The van der Waals surface area contributed by atoms with Crippen molar-refractivity contribution in [3.63, 3.8) is 0 Å². The Morgan fingerprint density at radius 1 is 1.23 bits per heavy atom. The largest absolute Gasteiger partial charge is 0.253 e. The molecule has 2 aromatic rings. The van der Waals surface area contributed by atoms with Gasteiger partial charge in [-0.2, -0.15) is 0 Å². The van der Waals surface area contributed by atoms with Gasteiger partial charge in [-0.1, -0.05) is 28.8 Å². The summed E-state index contributed by atoms with van der Waals surface area (Å²) in [5.74, 6) is 0. The second-order valence-corrected chi connectivity index (χ2v) is 3.27. The molecule has 0 spiro atoms. The molecule has 0 aliphatic rings. The zero-order valence-corrected chi connectivity index (χ0v) is 7.71. The third kappa shape index (κ3) is 1.74. The van der Waals surface area contributed by atoms with Crippen LogP contribution in [-0.4, -0.2) is 9.59 Å². The summed E-state index contributed by atoms with van der Waals surface area (Å²) in [6.45, 7) is 0.329. The molecule has 1 aromatic heterocycles. The Labute approximate surface area is 80.4 Å². The Hall–Kier alpha value is -1.26. The van der Waals surface area contributed by atoms with Crippen LogP contribution in [0.4, 0.5) is 0 Å². The highest BCUT2D eigenvalue weighted by Crippen LogP contribution is 2.17. The molecule has 65 valence electrons. The van der Waals surface area contributed by atoms with E-state index in [2.05, 4.69) is 9.59 Å². The number of hydrogen-bond donors (Lipinski definition) is 0. The van der Waals surface area contributed by atoms with Crippen molar-refractivity contribution in [2.75, 3.05) is 0 Å². The van der Waals surface area contributed by atoms with Gasteiger partial charge in [-0.15, -0.1) is 5.10 Å². The molecule has 4 heteroatoms. The SMILES string of the molecule is [NH]Cc1ccc(-c2csnn2)cc1. The molecule has 1 heterocycles. The first-order valence-corrected chi connectivity index (χ1v) is 4.75. The van der Waals surface area contributed by atoms with Gasteiger partial charge >= 0.3 is 0 Å². The molecule has 1 N–H and O–H groups in total. The summed E-state index contributed by atoms with van der Waals surface area (Å²) in [6.07, 6.45) is 0. The number of rotatable bonds is 2. The fraction of sp³-hybridized carbons (Fsp3) is 0.111. The van der Waals surface area contributed by atoms with E-state index in [1.807, 2.05) is 29.6 Å². The van der Waals surface area contributed by atoms with Gasteiger partial charge in [0.25, 0.3) is 0 Å². The molecule has 0 amide bonds. The maximum Gasteiger partial charge on any atom is 0.105 e. The van der Waals surface area contributed by atoms with Gasteiger partial charge in [-0.3, -0.25) is 5.73 Å². The minimum Gasteiger partial charge on any atom is -0.253 e. The van der Waals surface area contributed by atoms with Crippen LogP contribution in [0.2, 0.25) is 0 Å². The minimum atomic E-state index is 0.329. The van der Waals surface area contributed by atoms with E-state index in [9.17, 15) is 0 Å². The number of hydrogen-bond acceptors (Lipinski definition) is 3. The van der Waals surface area contributed by atoms with Crippen LogP contribution in [0.25, 0.3) is 11.3 Å². The van der Waals surface area contributed by atoms with Gasteiger partial charge in [0.05, 0.1) is 0 Å². The van der Waals surface area contributed by atoms with Gasteiger partial charge in [0.15, 0.2) is 0 Å². The lowest BCUT2D eigenvalue weighted by molar-refractivity contribution is 1.03. The maximum atomic E-state index is 7.16. The first-order chi connectivity index (χ1) is 6.40. The Bertz CT molecular complexity index is 366. The summed E-state index contributed by atoms with van der Waals surface area (Å²) in [7, 11) is 0. The standard InChI is InChI=1S/C9H8N3S/c10-5-7-1-3-8(4-2-7)9-6-13-12-11-9/h1-4,6,10H,5H2. The summed E-state index contributed by atoms with van der Waals surface area (Å²) in [5.41, 5.74) is 10.1. The smallest absolute Gasteiger partial charge is 0.105 e. The number of benzene rings is 1. The molecular weight excluding hydrogens is 182 g/mol. The van der Waals surface area contributed by atoms with Crippen LogP contribution < -0.4 is 5.73 Å². The van der Waals surface area contributed by atoms with E-state index in [0.717, 1.165) is 16.8 Å². The van der Waals surface area contributed by atoms with Crippen LogP contribution in [0.1, 0.15) is 5.56 Å². The monoisotopic (exact) mass is 190 g/mol. The molecule has 13 heavy (non-hydrogen) atoms. The fourth-order valence-corrected chi connectivity index (χ4v) is 1.55. The van der Waals surface area contributed by atoms with Gasteiger partial charge < -0.3 is 0 Å². The van der Waals surface area contributed by atoms with Crippen molar-refractivity contribution in [1.82, 2.24) is 15.3 Å². The van der Waals surface area contributed by atoms with E-state index in [-0.39, 0.29) is 0 Å². The predicted molar refractivity (Wildman–Crippen MR) is 52.1 cm³/mol. The summed E-state index contributed by atoms with van der Waals surface area (Å²) in [5, 5.41) is 5.88. The van der Waals surface area contributed by atoms with E-state index in [1.165, 1.54) is 11.5 Å². The van der Waals surface area contributed by atoms with Crippen molar-refractivity contribution >= 4 is 11.5 Å². The Balaban J connectivity index is 2.33. The second kappa shape index (κ2) is 3.64. The lowest BCUT2D eigenvalue weighted by Crippen LogP contribution is -1.84. The summed E-state index contributed by atoms with van der Waals surface area (Å²) >= 11 is 1.35. The first kappa shape index (κ1) is 8.34. The van der Waals surface area contributed by atoms with Gasteiger partial charge in [0.2, 0.25) is 0 Å². The lowest BCUT2D eigenvalue weighted by atomic mass is 10.1. The lowest BCUT2D eigenvalue weighted by Gasteiger charge is -1.97. The zero-order valence-electron chi connectivity index (χ0n) is 6.90. The van der Waals surface area contributed by atoms with E-state index < -0.39 is 0 Å². The molecule has 2 rings (SSSR count). The summed E-state index contributed by atoms with van der Waals surface area (Å²) in [6, 6.07) is 7.84. The van der Waals surface area contributed by atoms with Gasteiger partial charge in [0.1, 0.15) is 5.69 Å². The normalized spacial score (nSPS) is 10.2. The Kier molecular flexibility index (Phi) is 2.33. The topological polar surface area (TPSA) is 49.6 Å². The van der Waals surface area contributed by atoms with Crippen LogP contribution >= 0.6 is 11.5 Å². The third-order valence-electron chi connectivity index (χ3n) is 1.81. The van der Waals surface area contributed by atoms with Crippen LogP contribution in [0.3, 0.4) is 0 Å². The maximum absolute atomic E-state index is 7.16. The van der Waals surface area contributed by atoms with Crippen LogP contribution in [0.5, 0.6) is 0 Å². The number of nitrogens with one attached hydrogen (secondary N) is 1. The van der Waals surface area contributed by atoms with Crippen molar-refractivity contribution in [3.8, 4) is 11.3 Å². The average molecular weight is 190 g/mol. The first-order valence-electron chi connectivity index (χ1n) is 3.91. The van der Waals surface area contributed by atoms with E-state index in [0.29, 0.717) is 6.54 Å². The zero-order chi connectivity index (χ0) is 9.10. The summed E-state index contributed by atoms with van der Waals surface area (Å²) in [4.78, 5) is 0. The van der Waals surface area contributed by atoms with E-state index >= 15 is 0 Å². The van der Waals surface area contributed by atoms with Crippen LogP contribution in [0, 0.1) is 0 Å². The van der Waals surface area contributed by atoms with Crippen molar-refractivity contribution < 1.29 is 0 Å². The highest BCUT2D eigenvalue weighted by molar-refractivity contribution is 7.03. The molecule has 0 saturated carbocycles. The highest BCUT2D eigenvalue weighted by atomic mass is 32.1. The van der Waals surface area contributed by atoms with Crippen LogP contribution in [-0.2, 0) is 6.54 Å². The molecule has 1 aromatic carbocycles. The van der Waals surface area contributed by atoms with E-state index in [4.69, 9.17) is 5.73 Å². The molecule has 0 aliphatic heterocycles. The molecule has 0 atom stereocenters. The molecule has 0 fully saturated rings. The van der Waals surface area contributed by atoms with Gasteiger partial charge in [-0.25, -0.2) is 0 Å². The molecule has 0 bridgehead atoms. The van der Waals surface area contributed by atoms with Crippen molar-refractivity contribution in [1.29, 1.82) is 0 Å².